The molecule has 2 N–H and O–H groups in total. The average Bonchev–Trinajstić information content (AvgIpc) is 2.43. The fourth-order valence-electron chi connectivity index (χ4n) is 1.91. The monoisotopic (exact) mass is 250 g/mol. The quantitative estimate of drug-likeness (QED) is 0.599. The Balaban J connectivity index is 2.25. The summed E-state index contributed by atoms with van der Waals surface area (Å²) in [5.74, 6) is -0.140. The second-order valence-electron chi connectivity index (χ2n) is 3.90. The van der Waals surface area contributed by atoms with Crippen LogP contribution in [0.5, 0.6) is 5.75 Å². The Morgan fingerprint density at radius 2 is 1.89 bits per heavy atom. The number of ether oxygens (including phenoxy) is 2. The van der Waals surface area contributed by atoms with Gasteiger partial charge < -0.3 is 15.2 Å². The maximum Gasteiger partial charge on any atom is 0.331 e. The van der Waals surface area contributed by atoms with Crippen LogP contribution in [0.2, 0.25) is 0 Å². The molecular weight excluding hydrogens is 236 g/mol. The van der Waals surface area contributed by atoms with E-state index in [1.807, 2.05) is 0 Å². The number of hydrogen-bond acceptors (Lipinski definition) is 5. The number of esters is 1. The van der Waals surface area contributed by atoms with Crippen LogP contribution in [-0.4, -0.2) is 38.2 Å². The predicted molar refractivity (Wildman–Crippen MR) is 64.3 cm³/mol. The van der Waals surface area contributed by atoms with Crippen LogP contribution in [0.1, 0.15) is 0 Å². The minimum absolute atomic E-state index is 0.296. The fraction of sp³-hybridized carbons (Fsp3) is 0.333. The van der Waals surface area contributed by atoms with Crippen LogP contribution in [-0.2, 0) is 14.3 Å². The van der Waals surface area contributed by atoms with Crippen LogP contribution >= 0.6 is 0 Å². The van der Waals surface area contributed by atoms with Crippen molar-refractivity contribution in [2.75, 3.05) is 19.1 Å². The SMILES string of the molecule is COC(=O)[C@@H]1[C@H](N)C(=O)N1c1ccc(OC)cc1. The second-order valence-corrected chi connectivity index (χ2v) is 3.90. The molecule has 1 aromatic carbocycles. The fourth-order valence-corrected chi connectivity index (χ4v) is 1.91. The van der Waals surface area contributed by atoms with Crippen molar-refractivity contribution < 1.29 is 19.1 Å². The van der Waals surface area contributed by atoms with Gasteiger partial charge in [-0.1, -0.05) is 0 Å². The Morgan fingerprint density at radius 3 is 2.39 bits per heavy atom. The Labute approximate surface area is 104 Å². The average molecular weight is 250 g/mol. The highest BCUT2D eigenvalue weighted by Gasteiger charge is 2.50. The molecule has 0 radical (unpaired) electrons. The molecule has 2 rings (SSSR count). The standard InChI is InChI=1S/C12H14N2O4/c1-17-8-5-3-7(4-6-8)14-10(12(16)18-2)9(13)11(14)15/h3-6,9-10H,13H2,1-2H3/t9-,10-/m0/s1. The third-order valence-electron chi connectivity index (χ3n) is 2.93. The van der Waals surface area contributed by atoms with Gasteiger partial charge in [0.2, 0.25) is 5.91 Å². The molecule has 96 valence electrons. The number of methoxy groups -OCH3 is 2. The Kier molecular flexibility index (Phi) is 3.20. The molecule has 1 aliphatic heterocycles. The van der Waals surface area contributed by atoms with Crippen molar-refractivity contribution >= 4 is 17.6 Å². The summed E-state index contributed by atoms with van der Waals surface area (Å²) in [7, 11) is 2.82. The zero-order valence-corrected chi connectivity index (χ0v) is 10.1. The first kappa shape index (κ1) is 12.4. The Hall–Kier alpha value is -2.08. The number of anilines is 1. The van der Waals surface area contributed by atoms with Crippen molar-refractivity contribution in [1.29, 1.82) is 0 Å². The first-order valence-corrected chi connectivity index (χ1v) is 5.40. The molecule has 6 nitrogen and oxygen atoms in total. The molecule has 0 bridgehead atoms. The van der Waals surface area contributed by atoms with Gasteiger partial charge >= 0.3 is 5.97 Å². The molecule has 0 aromatic heterocycles. The lowest BCUT2D eigenvalue weighted by atomic mass is 9.95. The van der Waals surface area contributed by atoms with Crippen molar-refractivity contribution in [3.63, 3.8) is 0 Å². The molecule has 0 aliphatic carbocycles. The van der Waals surface area contributed by atoms with E-state index in [1.165, 1.54) is 12.0 Å². The van der Waals surface area contributed by atoms with Gasteiger partial charge in [0.1, 0.15) is 11.8 Å². The van der Waals surface area contributed by atoms with Gasteiger partial charge in [0, 0.05) is 5.69 Å². The van der Waals surface area contributed by atoms with Crippen LogP contribution in [0.3, 0.4) is 0 Å². The van der Waals surface area contributed by atoms with Gasteiger partial charge in [-0.2, -0.15) is 0 Å². The molecule has 0 unspecified atom stereocenters. The van der Waals surface area contributed by atoms with E-state index in [-0.39, 0.29) is 5.91 Å². The molecule has 1 fully saturated rings. The molecule has 0 spiro atoms. The first-order valence-electron chi connectivity index (χ1n) is 5.40. The van der Waals surface area contributed by atoms with Crippen molar-refractivity contribution in [2.45, 2.75) is 12.1 Å². The van der Waals surface area contributed by atoms with Gasteiger partial charge in [0.25, 0.3) is 0 Å². The Morgan fingerprint density at radius 1 is 1.28 bits per heavy atom. The summed E-state index contributed by atoms with van der Waals surface area (Å²) in [6.07, 6.45) is 0. The highest BCUT2D eigenvalue weighted by Crippen LogP contribution is 2.29. The van der Waals surface area contributed by atoms with E-state index >= 15 is 0 Å². The van der Waals surface area contributed by atoms with Gasteiger partial charge in [-0.25, -0.2) is 4.79 Å². The predicted octanol–water partition coefficient (Wildman–Crippen LogP) is -0.0893. The summed E-state index contributed by atoms with van der Waals surface area (Å²) < 4.78 is 9.66. The van der Waals surface area contributed by atoms with Gasteiger partial charge in [0.05, 0.1) is 14.2 Å². The van der Waals surface area contributed by atoms with Crippen molar-refractivity contribution in [2.24, 2.45) is 5.73 Å². The Bertz CT molecular complexity index is 471. The maximum atomic E-state index is 11.7. The number of nitrogens with zero attached hydrogens (tertiary/aromatic N) is 1. The number of amides is 1. The number of rotatable bonds is 3. The van der Waals surface area contributed by atoms with Crippen molar-refractivity contribution in [3.05, 3.63) is 24.3 Å². The number of carbonyl (C=O) groups excluding carboxylic acids is 2. The summed E-state index contributed by atoms with van der Waals surface area (Å²) in [5.41, 5.74) is 6.21. The minimum atomic E-state index is -0.834. The summed E-state index contributed by atoms with van der Waals surface area (Å²) in [4.78, 5) is 24.6. The second kappa shape index (κ2) is 4.66. The number of hydrogen-bond donors (Lipinski definition) is 1. The van der Waals surface area contributed by atoms with E-state index in [0.717, 1.165) is 0 Å². The zero-order valence-electron chi connectivity index (χ0n) is 10.1. The van der Waals surface area contributed by atoms with Crippen LogP contribution in [0.4, 0.5) is 5.69 Å². The smallest absolute Gasteiger partial charge is 0.331 e. The molecule has 1 aliphatic rings. The molecule has 1 aromatic rings. The summed E-state index contributed by atoms with van der Waals surface area (Å²) in [6, 6.07) is 5.22. The molecule has 6 heteroatoms. The molecule has 1 saturated heterocycles. The summed E-state index contributed by atoms with van der Waals surface area (Å²) >= 11 is 0. The van der Waals surface area contributed by atoms with Crippen LogP contribution in [0.15, 0.2) is 24.3 Å². The minimum Gasteiger partial charge on any atom is -0.497 e. The van der Waals surface area contributed by atoms with E-state index < -0.39 is 18.1 Å². The summed E-state index contributed by atoms with van der Waals surface area (Å²) in [6.45, 7) is 0. The lowest BCUT2D eigenvalue weighted by molar-refractivity contribution is -0.149. The van der Waals surface area contributed by atoms with E-state index in [9.17, 15) is 9.59 Å². The molecule has 2 atom stereocenters. The van der Waals surface area contributed by atoms with Gasteiger partial charge in [-0.15, -0.1) is 0 Å². The summed E-state index contributed by atoms with van der Waals surface area (Å²) in [5, 5.41) is 0. The van der Waals surface area contributed by atoms with Gasteiger partial charge in [0.15, 0.2) is 6.04 Å². The molecule has 1 amide bonds. The van der Waals surface area contributed by atoms with Crippen LogP contribution in [0.25, 0.3) is 0 Å². The molecule has 1 heterocycles. The number of β-lactam (4-membered cyclic amide) rings is 1. The zero-order chi connectivity index (χ0) is 13.3. The van der Waals surface area contributed by atoms with E-state index in [1.54, 1.807) is 31.4 Å². The highest BCUT2D eigenvalue weighted by molar-refractivity contribution is 6.12. The molecule has 18 heavy (non-hydrogen) atoms. The van der Waals surface area contributed by atoms with Crippen molar-refractivity contribution in [3.8, 4) is 5.75 Å². The first-order chi connectivity index (χ1) is 8.60. The van der Waals surface area contributed by atoms with Crippen LogP contribution in [0, 0.1) is 0 Å². The normalized spacial score (nSPS) is 22.4. The topological polar surface area (TPSA) is 81.9 Å². The maximum absolute atomic E-state index is 11.7. The van der Waals surface area contributed by atoms with Gasteiger partial charge in [-0.3, -0.25) is 9.69 Å². The van der Waals surface area contributed by atoms with Crippen molar-refractivity contribution in [1.82, 2.24) is 0 Å². The number of carbonyl (C=O) groups is 2. The van der Waals surface area contributed by atoms with E-state index in [2.05, 4.69) is 4.74 Å². The van der Waals surface area contributed by atoms with Crippen LogP contribution < -0.4 is 15.4 Å². The molecular formula is C12H14N2O4. The lowest BCUT2D eigenvalue weighted by Crippen LogP contribution is -2.72. The largest absolute Gasteiger partial charge is 0.497 e. The number of benzene rings is 1. The third kappa shape index (κ3) is 1.80. The molecule has 0 saturated carbocycles. The van der Waals surface area contributed by atoms with E-state index in [0.29, 0.717) is 11.4 Å². The number of nitrogens with two attached hydrogens (primary N) is 1. The highest BCUT2D eigenvalue weighted by atomic mass is 16.5. The lowest BCUT2D eigenvalue weighted by Gasteiger charge is -2.43. The van der Waals surface area contributed by atoms with E-state index in [4.69, 9.17) is 10.5 Å². The third-order valence-corrected chi connectivity index (χ3v) is 2.93. The van der Waals surface area contributed by atoms with Gasteiger partial charge in [-0.05, 0) is 24.3 Å².